The Hall–Kier alpha value is -1.62. The summed E-state index contributed by atoms with van der Waals surface area (Å²) in [6.07, 6.45) is 0.467. The van der Waals surface area contributed by atoms with Crippen LogP contribution in [0.25, 0.3) is 0 Å². The molecular weight excluding hydrogens is 184 g/mol. The van der Waals surface area contributed by atoms with Crippen molar-refractivity contribution in [1.29, 1.82) is 0 Å². The fourth-order valence-corrected chi connectivity index (χ4v) is 0.930. The van der Waals surface area contributed by atoms with Crippen LogP contribution in [0.5, 0.6) is 0 Å². The number of aromatic nitrogens is 1. The van der Waals surface area contributed by atoms with Crippen LogP contribution in [0.2, 0.25) is 0 Å². The Labute approximate surface area is 81.7 Å². The van der Waals surface area contributed by atoms with Crippen molar-refractivity contribution < 1.29 is 14.6 Å². The highest BCUT2D eigenvalue weighted by atomic mass is 16.7. The number of nitrogens with one attached hydrogen (secondary N) is 1. The first-order valence-corrected chi connectivity index (χ1v) is 4.25. The molecule has 0 aromatic carbocycles. The summed E-state index contributed by atoms with van der Waals surface area (Å²) in [5.41, 5.74) is 0.919. The predicted octanol–water partition coefficient (Wildman–Crippen LogP) is 0.866. The van der Waals surface area contributed by atoms with Crippen molar-refractivity contribution in [2.45, 2.75) is 6.54 Å². The third-order valence-corrected chi connectivity index (χ3v) is 1.54. The van der Waals surface area contributed by atoms with E-state index >= 15 is 0 Å². The summed E-state index contributed by atoms with van der Waals surface area (Å²) in [4.78, 5) is 14.1. The molecule has 0 saturated heterocycles. The van der Waals surface area contributed by atoms with Crippen molar-refractivity contribution >= 4 is 6.16 Å². The second-order valence-electron chi connectivity index (χ2n) is 2.61. The molecule has 0 amide bonds. The SMILES string of the molecule is O=C(O)OCCNCc1ccccn1. The fraction of sp³-hybridized carbons (Fsp3) is 0.333. The molecule has 1 aromatic heterocycles. The van der Waals surface area contributed by atoms with E-state index in [1.165, 1.54) is 0 Å². The number of nitrogens with zero attached hydrogens (tertiary/aromatic N) is 1. The molecule has 14 heavy (non-hydrogen) atoms. The molecular formula is C9H12N2O3. The molecule has 2 N–H and O–H groups in total. The summed E-state index contributed by atoms with van der Waals surface area (Å²) in [5.74, 6) is 0. The lowest BCUT2D eigenvalue weighted by atomic mass is 10.3. The van der Waals surface area contributed by atoms with E-state index in [0.717, 1.165) is 5.69 Å². The molecule has 0 aliphatic heterocycles. The van der Waals surface area contributed by atoms with Gasteiger partial charge in [-0.3, -0.25) is 4.98 Å². The summed E-state index contributed by atoms with van der Waals surface area (Å²) in [7, 11) is 0. The van der Waals surface area contributed by atoms with Crippen LogP contribution in [0.4, 0.5) is 4.79 Å². The summed E-state index contributed by atoms with van der Waals surface area (Å²) >= 11 is 0. The van der Waals surface area contributed by atoms with Gasteiger partial charge in [0.2, 0.25) is 0 Å². The Morgan fingerprint density at radius 3 is 3.07 bits per heavy atom. The molecule has 1 aromatic rings. The summed E-state index contributed by atoms with van der Waals surface area (Å²) in [6, 6.07) is 5.64. The van der Waals surface area contributed by atoms with Crippen molar-refractivity contribution in [2.75, 3.05) is 13.2 Å². The van der Waals surface area contributed by atoms with Crippen LogP contribution < -0.4 is 5.32 Å². The van der Waals surface area contributed by atoms with Crippen molar-refractivity contribution in [2.24, 2.45) is 0 Å². The van der Waals surface area contributed by atoms with Gasteiger partial charge in [0.1, 0.15) is 6.61 Å². The zero-order valence-corrected chi connectivity index (χ0v) is 7.64. The molecule has 0 radical (unpaired) electrons. The van der Waals surface area contributed by atoms with E-state index in [0.29, 0.717) is 13.1 Å². The Bertz CT molecular complexity index is 277. The van der Waals surface area contributed by atoms with E-state index in [-0.39, 0.29) is 6.61 Å². The highest BCUT2D eigenvalue weighted by molar-refractivity contribution is 5.56. The summed E-state index contributed by atoms with van der Waals surface area (Å²) < 4.78 is 4.31. The molecule has 1 heterocycles. The molecule has 5 heteroatoms. The Morgan fingerprint density at radius 1 is 1.57 bits per heavy atom. The van der Waals surface area contributed by atoms with Crippen molar-refractivity contribution in [3.63, 3.8) is 0 Å². The lowest BCUT2D eigenvalue weighted by Crippen LogP contribution is -2.20. The average molecular weight is 196 g/mol. The first-order valence-electron chi connectivity index (χ1n) is 4.25. The Kier molecular flexibility index (Phi) is 4.43. The zero-order valence-electron chi connectivity index (χ0n) is 7.64. The van der Waals surface area contributed by atoms with Gasteiger partial charge in [0, 0.05) is 19.3 Å². The van der Waals surface area contributed by atoms with Crippen molar-refractivity contribution in [3.8, 4) is 0 Å². The van der Waals surface area contributed by atoms with Gasteiger partial charge in [-0.2, -0.15) is 0 Å². The maximum absolute atomic E-state index is 9.97. The van der Waals surface area contributed by atoms with Gasteiger partial charge in [0.15, 0.2) is 0 Å². The average Bonchev–Trinajstić information content (AvgIpc) is 2.18. The van der Waals surface area contributed by atoms with Crippen LogP contribution in [-0.2, 0) is 11.3 Å². The largest absolute Gasteiger partial charge is 0.505 e. The van der Waals surface area contributed by atoms with E-state index < -0.39 is 6.16 Å². The lowest BCUT2D eigenvalue weighted by Gasteiger charge is -2.03. The minimum atomic E-state index is -1.25. The minimum absolute atomic E-state index is 0.155. The second kappa shape index (κ2) is 5.93. The Balaban J connectivity index is 2.08. The highest BCUT2D eigenvalue weighted by Gasteiger charge is 1.95. The number of rotatable bonds is 5. The molecule has 0 bridgehead atoms. The zero-order chi connectivity index (χ0) is 10.2. The smallest absolute Gasteiger partial charge is 0.450 e. The standard InChI is InChI=1S/C9H12N2O3/c12-9(13)14-6-5-10-7-8-3-1-2-4-11-8/h1-4,10H,5-7H2,(H,12,13). The van der Waals surface area contributed by atoms with Crippen LogP contribution >= 0.6 is 0 Å². The van der Waals surface area contributed by atoms with Crippen LogP contribution in [0.3, 0.4) is 0 Å². The second-order valence-corrected chi connectivity index (χ2v) is 2.61. The van der Waals surface area contributed by atoms with Crippen LogP contribution in [0.1, 0.15) is 5.69 Å². The molecule has 5 nitrogen and oxygen atoms in total. The monoisotopic (exact) mass is 196 g/mol. The maximum atomic E-state index is 9.97. The quantitative estimate of drug-likeness (QED) is 0.540. The number of carbonyl (C=O) groups is 1. The number of carboxylic acid groups (broad SMARTS) is 1. The number of hydrogen-bond acceptors (Lipinski definition) is 4. The molecule has 0 aliphatic rings. The predicted molar refractivity (Wildman–Crippen MR) is 49.9 cm³/mol. The fourth-order valence-electron chi connectivity index (χ4n) is 0.930. The molecule has 0 unspecified atom stereocenters. The van der Waals surface area contributed by atoms with Gasteiger partial charge in [-0.25, -0.2) is 4.79 Å². The van der Waals surface area contributed by atoms with Gasteiger partial charge in [-0.15, -0.1) is 0 Å². The van der Waals surface area contributed by atoms with E-state index in [4.69, 9.17) is 5.11 Å². The van der Waals surface area contributed by atoms with Gasteiger partial charge in [-0.05, 0) is 12.1 Å². The highest BCUT2D eigenvalue weighted by Crippen LogP contribution is 1.91. The topological polar surface area (TPSA) is 71.5 Å². The van der Waals surface area contributed by atoms with E-state index in [1.54, 1.807) is 6.20 Å². The van der Waals surface area contributed by atoms with Gasteiger partial charge in [0.25, 0.3) is 0 Å². The van der Waals surface area contributed by atoms with Gasteiger partial charge in [-0.1, -0.05) is 6.07 Å². The molecule has 76 valence electrons. The number of ether oxygens (including phenoxy) is 1. The number of hydrogen-bond donors (Lipinski definition) is 2. The van der Waals surface area contributed by atoms with E-state index in [2.05, 4.69) is 15.0 Å². The van der Waals surface area contributed by atoms with Crippen LogP contribution in [0.15, 0.2) is 24.4 Å². The molecule has 0 atom stereocenters. The molecule has 1 rings (SSSR count). The molecule has 0 saturated carbocycles. The maximum Gasteiger partial charge on any atom is 0.505 e. The minimum Gasteiger partial charge on any atom is -0.450 e. The van der Waals surface area contributed by atoms with Crippen LogP contribution in [0, 0.1) is 0 Å². The van der Waals surface area contributed by atoms with E-state index in [9.17, 15) is 4.79 Å². The Morgan fingerprint density at radius 2 is 2.43 bits per heavy atom. The van der Waals surface area contributed by atoms with Crippen LogP contribution in [-0.4, -0.2) is 29.4 Å². The van der Waals surface area contributed by atoms with Crippen molar-refractivity contribution in [3.05, 3.63) is 30.1 Å². The molecule has 0 aliphatic carbocycles. The lowest BCUT2D eigenvalue weighted by molar-refractivity contribution is 0.0923. The number of pyridine rings is 1. The summed E-state index contributed by atoms with van der Waals surface area (Å²) in [6.45, 7) is 1.26. The van der Waals surface area contributed by atoms with E-state index in [1.807, 2.05) is 18.2 Å². The first kappa shape index (κ1) is 10.5. The third-order valence-electron chi connectivity index (χ3n) is 1.54. The van der Waals surface area contributed by atoms with Gasteiger partial charge < -0.3 is 15.2 Å². The van der Waals surface area contributed by atoms with Crippen molar-refractivity contribution in [1.82, 2.24) is 10.3 Å². The molecule has 0 fully saturated rings. The van der Waals surface area contributed by atoms with Gasteiger partial charge >= 0.3 is 6.16 Å². The first-order chi connectivity index (χ1) is 6.79. The normalized spacial score (nSPS) is 9.71. The van der Waals surface area contributed by atoms with Gasteiger partial charge in [0.05, 0.1) is 5.69 Å². The summed E-state index contributed by atoms with van der Waals surface area (Å²) in [5, 5.41) is 11.2. The third kappa shape index (κ3) is 4.42. The molecule has 0 spiro atoms.